The maximum atomic E-state index is 11.7. The van der Waals surface area contributed by atoms with E-state index in [0.717, 1.165) is 0 Å². The number of aromatic amines is 1. The van der Waals surface area contributed by atoms with Gasteiger partial charge in [-0.15, -0.1) is 0 Å². The lowest BCUT2D eigenvalue weighted by molar-refractivity contribution is 0.0988. The molecule has 0 aliphatic rings. The van der Waals surface area contributed by atoms with Crippen molar-refractivity contribution < 1.29 is 4.79 Å². The average molecular weight is 256 g/mol. The van der Waals surface area contributed by atoms with Crippen molar-refractivity contribution in [2.24, 2.45) is 0 Å². The second-order valence-corrected chi connectivity index (χ2v) is 3.95. The quantitative estimate of drug-likeness (QED) is 0.858. The van der Waals surface area contributed by atoms with Gasteiger partial charge in [-0.2, -0.15) is 15.4 Å². The molecule has 4 nitrogen and oxygen atoms in total. The van der Waals surface area contributed by atoms with Gasteiger partial charge in [0.2, 0.25) is 0 Å². The summed E-state index contributed by atoms with van der Waals surface area (Å²) in [5.41, 5.74) is 0.971. The second-order valence-electron chi connectivity index (χ2n) is 3.17. The first-order chi connectivity index (χ1) is 7.68. The van der Waals surface area contributed by atoms with Crippen molar-refractivity contribution in [1.29, 1.82) is 0 Å². The van der Waals surface area contributed by atoms with Gasteiger partial charge < -0.3 is 0 Å². The molecule has 0 radical (unpaired) electrons. The van der Waals surface area contributed by atoms with Gasteiger partial charge in [0.25, 0.3) is 0 Å². The molecular weight excluding hydrogens is 249 g/mol. The number of carbonyl (C=O) groups excluding carboxylic acids is 1. The van der Waals surface area contributed by atoms with Crippen LogP contribution in [0.5, 0.6) is 0 Å². The fraction of sp³-hybridized carbons (Fsp3) is 0.100. The molecule has 1 heterocycles. The van der Waals surface area contributed by atoms with Crippen LogP contribution < -0.4 is 0 Å². The summed E-state index contributed by atoms with van der Waals surface area (Å²) in [5.74, 6) is -0.155. The zero-order valence-electron chi connectivity index (χ0n) is 8.08. The molecule has 0 aliphatic heterocycles. The summed E-state index contributed by atoms with van der Waals surface area (Å²) in [7, 11) is 0. The van der Waals surface area contributed by atoms with Crippen molar-refractivity contribution in [1.82, 2.24) is 15.4 Å². The van der Waals surface area contributed by atoms with E-state index in [9.17, 15) is 4.79 Å². The minimum absolute atomic E-state index is 0.155. The molecule has 2 rings (SSSR count). The second kappa shape index (κ2) is 4.63. The molecule has 82 valence electrons. The predicted molar refractivity (Wildman–Crippen MR) is 60.9 cm³/mol. The smallest absolute Gasteiger partial charge is 0.189 e. The molecule has 0 atom stereocenters. The largest absolute Gasteiger partial charge is 0.292 e. The number of H-pyrrole nitrogens is 1. The molecule has 1 aromatic heterocycles. The average Bonchev–Trinajstić information content (AvgIpc) is 2.78. The van der Waals surface area contributed by atoms with E-state index in [0.29, 0.717) is 15.6 Å². The molecule has 0 aliphatic carbocycles. The molecule has 0 amide bonds. The molecule has 1 N–H and O–H groups in total. The number of rotatable bonds is 3. The lowest BCUT2D eigenvalue weighted by Gasteiger charge is -2.03. The van der Waals surface area contributed by atoms with Gasteiger partial charge >= 0.3 is 0 Å². The summed E-state index contributed by atoms with van der Waals surface area (Å²) in [5, 5.41) is 10.5. The van der Waals surface area contributed by atoms with E-state index in [1.807, 2.05) is 0 Å². The monoisotopic (exact) mass is 255 g/mol. The number of halogens is 2. The van der Waals surface area contributed by atoms with Crippen LogP contribution in [0.15, 0.2) is 24.4 Å². The lowest BCUT2D eigenvalue weighted by atomic mass is 10.1. The molecule has 0 bridgehead atoms. The third-order valence-corrected chi connectivity index (χ3v) is 2.94. The van der Waals surface area contributed by atoms with Crippen LogP contribution in [0.3, 0.4) is 0 Å². The molecule has 6 heteroatoms. The molecule has 0 unspecified atom stereocenters. The van der Waals surface area contributed by atoms with E-state index in [4.69, 9.17) is 23.2 Å². The summed E-state index contributed by atoms with van der Waals surface area (Å²) >= 11 is 11.8. The standard InChI is InChI=1S/C10H7Cl2N3O/c11-7-3-1-2-6(10(7)12)4-9(16)8-5-13-15-14-8/h1-3,5H,4H2,(H,13,14,15). The van der Waals surface area contributed by atoms with E-state index in [-0.39, 0.29) is 17.9 Å². The van der Waals surface area contributed by atoms with Crippen molar-refractivity contribution in [2.75, 3.05) is 0 Å². The van der Waals surface area contributed by atoms with Crippen LogP contribution in [-0.2, 0) is 6.42 Å². The highest BCUT2D eigenvalue weighted by molar-refractivity contribution is 6.42. The van der Waals surface area contributed by atoms with Crippen LogP contribution in [0.4, 0.5) is 0 Å². The zero-order chi connectivity index (χ0) is 11.5. The number of hydrogen-bond acceptors (Lipinski definition) is 3. The van der Waals surface area contributed by atoms with E-state index in [1.54, 1.807) is 18.2 Å². The Bertz CT molecular complexity index is 511. The van der Waals surface area contributed by atoms with Gasteiger partial charge in [0.05, 0.1) is 16.2 Å². The summed E-state index contributed by atoms with van der Waals surface area (Å²) in [6.07, 6.45) is 1.53. The number of hydrogen-bond donors (Lipinski definition) is 1. The normalized spacial score (nSPS) is 10.4. The highest BCUT2D eigenvalue weighted by Gasteiger charge is 2.13. The fourth-order valence-corrected chi connectivity index (χ4v) is 1.67. The molecule has 0 fully saturated rings. The van der Waals surface area contributed by atoms with Gasteiger partial charge in [0.1, 0.15) is 5.69 Å². The van der Waals surface area contributed by atoms with Gasteiger partial charge in [-0.05, 0) is 11.6 Å². The Balaban J connectivity index is 2.22. The number of aromatic nitrogens is 3. The summed E-state index contributed by atoms with van der Waals surface area (Å²) in [6.45, 7) is 0. The van der Waals surface area contributed by atoms with Gasteiger partial charge in [0, 0.05) is 6.42 Å². The Kier molecular flexibility index (Phi) is 3.22. The Labute approximate surface area is 102 Å². The minimum Gasteiger partial charge on any atom is -0.292 e. The first kappa shape index (κ1) is 11.1. The SMILES string of the molecule is O=C(Cc1cccc(Cl)c1Cl)c1cn[nH]n1. The van der Waals surface area contributed by atoms with Crippen molar-refractivity contribution in [3.63, 3.8) is 0 Å². The van der Waals surface area contributed by atoms with Crippen LogP contribution in [0.1, 0.15) is 16.1 Å². The third-order valence-electron chi connectivity index (χ3n) is 2.08. The number of ketones is 1. The highest BCUT2D eigenvalue weighted by Crippen LogP contribution is 2.26. The van der Waals surface area contributed by atoms with Gasteiger partial charge in [-0.1, -0.05) is 35.3 Å². The highest BCUT2D eigenvalue weighted by atomic mass is 35.5. The number of Topliss-reactive ketones (excluding diaryl/α,β-unsaturated/α-hetero) is 1. The van der Waals surface area contributed by atoms with E-state index < -0.39 is 0 Å². The van der Waals surface area contributed by atoms with Gasteiger partial charge in [0.15, 0.2) is 5.78 Å². The topological polar surface area (TPSA) is 58.6 Å². The van der Waals surface area contributed by atoms with E-state index in [2.05, 4.69) is 15.4 Å². The Morgan fingerprint density at radius 1 is 1.38 bits per heavy atom. The molecule has 16 heavy (non-hydrogen) atoms. The molecule has 0 saturated carbocycles. The Morgan fingerprint density at radius 2 is 2.19 bits per heavy atom. The number of benzene rings is 1. The molecule has 0 saturated heterocycles. The predicted octanol–water partition coefficient (Wildman–Crippen LogP) is 2.54. The van der Waals surface area contributed by atoms with Crippen molar-refractivity contribution in [3.8, 4) is 0 Å². The number of nitrogens with one attached hydrogen (secondary N) is 1. The fourth-order valence-electron chi connectivity index (χ4n) is 1.28. The minimum atomic E-state index is -0.155. The van der Waals surface area contributed by atoms with Crippen LogP contribution in [0.2, 0.25) is 10.0 Å². The van der Waals surface area contributed by atoms with E-state index in [1.165, 1.54) is 6.20 Å². The van der Waals surface area contributed by atoms with Crippen LogP contribution in [0, 0.1) is 0 Å². The number of carbonyl (C=O) groups is 1. The van der Waals surface area contributed by atoms with Crippen molar-refractivity contribution >= 4 is 29.0 Å². The van der Waals surface area contributed by atoms with Crippen molar-refractivity contribution in [2.45, 2.75) is 6.42 Å². The lowest BCUT2D eigenvalue weighted by Crippen LogP contribution is -2.04. The first-order valence-corrected chi connectivity index (χ1v) is 5.26. The first-order valence-electron chi connectivity index (χ1n) is 4.50. The van der Waals surface area contributed by atoms with Gasteiger partial charge in [-0.25, -0.2) is 0 Å². The van der Waals surface area contributed by atoms with Crippen LogP contribution in [0.25, 0.3) is 0 Å². The number of nitrogens with zero attached hydrogens (tertiary/aromatic N) is 2. The Hall–Kier alpha value is -1.39. The molecular formula is C10H7Cl2N3O. The Morgan fingerprint density at radius 3 is 2.88 bits per heavy atom. The van der Waals surface area contributed by atoms with E-state index >= 15 is 0 Å². The van der Waals surface area contributed by atoms with Crippen LogP contribution >= 0.6 is 23.2 Å². The maximum absolute atomic E-state index is 11.7. The summed E-state index contributed by atoms with van der Waals surface area (Å²) < 4.78 is 0. The maximum Gasteiger partial charge on any atom is 0.189 e. The summed E-state index contributed by atoms with van der Waals surface area (Å²) in [6, 6.07) is 5.18. The molecule has 0 spiro atoms. The van der Waals surface area contributed by atoms with Crippen molar-refractivity contribution in [3.05, 3.63) is 45.7 Å². The molecule has 1 aromatic carbocycles. The van der Waals surface area contributed by atoms with Crippen LogP contribution in [-0.4, -0.2) is 21.2 Å². The third kappa shape index (κ3) is 2.23. The molecule has 2 aromatic rings. The van der Waals surface area contributed by atoms with Gasteiger partial charge in [-0.3, -0.25) is 4.79 Å². The zero-order valence-corrected chi connectivity index (χ0v) is 9.59. The summed E-state index contributed by atoms with van der Waals surface area (Å²) in [4.78, 5) is 11.7.